The van der Waals surface area contributed by atoms with E-state index in [1.54, 1.807) is 0 Å². The molecule has 0 fully saturated rings. The van der Waals surface area contributed by atoms with Gasteiger partial charge in [0, 0.05) is 17.2 Å². The molecule has 2 aromatic carbocycles. The number of phenols is 3. The van der Waals surface area contributed by atoms with Gasteiger partial charge in [-0.25, -0.2) is 4.39 Å². The molecule has 0 bridgehead atoms. The number of aromatic hydroxyl groups is 3. The van der Waals surface area contributed by atoms with Crippen molar-refractivity contribution < 1.29 is 42.4 Å². The molecule has 0 saturated carbocycles. The molecule has 27 heavy (non-hydrogen) atoms. The SMILES string of the molecule is NC#C[C@H]1COc2c(O)c(F)cc(-c3ccc(O)c(O)c3C(F)(F)F)c2O1. The fourth-order valence-corrected chi connectivity index (χ4v) is 2.64. The second kappa shape index (κ2) is 6.35. The molecule has 6 nitrogen and oxygen atoms in total. The molecule has 0 spiro atoms. The van der Waals surface area contributed by atoms with Gasteiger partial charge in [-0.05, 0) is 24.1 Å². The maximum absolute atomic E-state index is 14.1. The molecule has 0 aromatic heterocycles. The highest BCUT2D eigenvalue weighted by Gasteiger charge is 2.40. The van der Waals surface area contributed by atoms with Crippen LogP contribution in [0.1, 0.15) is 5.56 Å². The highest BCUT2D eigenvalue weighted by atomic mass is 19.4. The fourth-order valence-electron chi connectivity index (χ4n) is 2.64. The van der Waals surface area contributed by atoms with Crippen LogP contribution < -0.4 is 15.2 Å². The van der Waals surface area contributed by atoms with E-state index in [1.165, 1.54) is 0 Å². The van der Waals surface area contributed by atoms with Crippen molar-refractivity contribution in [2.75, 3.05) is 6.61 Å². The van der Waals surface area contributed by atoms with Crippen LogP contribution in [0.4, 0.5) is 17.6 Å². The number of hydrogen-bond donors (Lipinski definition) is 4. The zero-order chi connectivity index (χ0) is 19.9. The van der Waals surface area contributed by atoms with Gasteiger partial charge in [-0.15, -0.1) is 0 Å². The van der Waals surface area contributed by atoms with Crippen molar-refractivity contribution in [3.05, 3.63) is 29.6 Å². The molecule has 5 N–H and O–H groups in total. The molecule has 10 heteroatoms. The van der Waals surface area contributed by atoms with Gasteiger partial charge >= 0.3 is 6.18 Å². The molecular formula is C17H11F4NO5. The molecule has 1 heterocycles. The molecule has 1 aliphatic rings. The normalized spacial score (nSPS) is 15.8. The van der Waals surface area contributed by atoms with E-state index < -0.39 is 63.5 Å². The van der Waals surface area contributed by atoms with Gasteiger partial charge in [-0.3, -0.25) is 0 Å². The summed E-state index contributed by atoms with van der Waals surface area (Å²) in [7, 11) is 0. The number of ether oxygens (including phenoxy) is 2. The molecule has 142 valence electrons. The molecule has 2 aromatic rings. The number of benzene rings is 2. The second-order valence-electron chi connectivity index (χ2n) is 5.47. The van der Waals surface area contributed by atoms with Gasteiger partial charge in [0.1, 0.15) is 12.2 Å². The van der Waals surface area contributed by atoms with Crippen molar-refractivity contribution in [1.82, 2.24) is 0 Å². The van der Waals surface area contributed by atoms with Gasteiger partial charge in [0.25, 0.3) is 0 Å². The Kier molecular flexibility index (Phi) is 4.31. The molecule has 0 radical (unpaired) electrons. The predicted molar refractivity (Wildman–Crippen MR) is 83.7 cm³/mol. The van der Waals surface area contributed by atoms with Gasteiger partial charge < -0.3 is 30.5 Å². The van der Waals surface area contributed by atoms with Gasteiger partial charge in [-0.1, -0.05) is 0 Å². The van der Waals surface area contributed by atoms with Crippen molar-refractivity contribution in [2.45, 2.75) is 12.3 Å². The maximum Gasteiger partial charge on any atom is 0.420 e. The van der Waals surface area contributed by atoms with E-state index in [0.717, 1.165) is 12.1 Å². The first-order valence-corrected chi connectivity index (χ1v) is 7.33. The summed E-state index contributed by atoms with van der Waals surface area (Å²) in [5, 5.41) is 29.0. The van der Waals surface area contributed by atoms with Gasteiger partial charge in [0.15, 0.2) is 34.9 Å². The van der Waals surface area contributed by atoms with Crippen molar-refractivity contribution in [2.24, 2.45) is 5.73 Å². The second-order valence-corrected chi connectivity index (χ2v) is 5.47. The smallest absolute Gasteiger partial charge is 0.420 e. The van der Waals surface area contributed by atoms with Crippen LogP contribution in [-0.4, -0.2) is 28.0 Å². The zero-order valence-corrected chi connectivity index (χ0v) is 13.3. The predicted octanol–water partition coefficient (Wildman–Crippen LogP) is 2.69. The van der Waals surface area contributed by atoms with Crippen LogP contribution in [0.15, 0.2) is 18.2 Å². The van der Waals surface area contributed by atoms with E-state index in [2.05, 4.69) is 12.0 Å². The highest BCUT2D eigenvalue weighted by molar-refractivity contribution is 5.81. The topological polar surface area (TPSA) is 105 Å². The largest absolute Gasteiger partial charge is 0.504 e. The van der Waals surface area contributed by atoms with Crippen molar-refractivity contribution >= 4 is 0 Å². The lowest BCUT2D eigenvalue weighted by molar-refractivity contribution is -0.138. The van der Waals surface area contributed by atoms with Crippen molar-refractivity contribution in [3.8, 4) is 51.8 Å². The van der Waals surface area contributed by atoms with E-state index >= 15 is 0 Å². The molecule has 1 aliphatic heterocycles. The molecule has 1 atom stereocenters. The Labute approximate surface area is 149 Å². The summed E-state index contributed by atoms with van der Waals surface area (Å²) in [4.78, 5) is 0. The summed E-state index contributed by atoms with van der Waals surface area (Å²) in [6.45, 7) is -0.249. The summed E-state index contributed by atoms with van der Waals surface area (Å²) in [6.07, 6.45) is -6.07. The minimum atomic E-state index is -5.09. The van der Waals surface area contributed by atoms with Gasteiger partial charge in [0.05, 0.1) is 0 Å². The Morgan fingerprint density at radius 3 is 2.41 bits per heavy atom. The first kappa shape index (κ1) is 18.3. The number of nitrogens with two attached hydrogens (primary N) is 1. The Balaban J connectivity index is 2.32. The quantitative estimate of drug-likeness (QED) is 0.260. The molecule has 0 saturated heterocycles. The number of alkyl halides is 3. The Bertz CT molecular complexity index is 978. The van der Waals surface area contributed by atoms with Crippen LogP contribution in [0.3, 0.4) is 0 Å². The first-order chi connectivity index (χ1) is 12.6. The summed E-state index contributed by atoms with van der Waals surface area (Å²) < 4.78 is 65.0. The summed E-state index contributed by atoms with van der Waals surface area (Å²) in [5.74, 6) is -3.19. The van der Waals surface area contributed by atoms with E-state index in [-0.39, 0.29) is 6.61 Å². The number of rotatable bonds is 1. The van der Waals surface area contributed by atoms with Crippen LogP contribution in [0.5, 0.6) is 28.7 Å². The highest BCUT2D eigenvalue weighted by Crippen LogP contribution is 2.53. The third-order valence-electron chi connectivity index (χ3n) is 3.78. The zero-order valence-electron chi connectivity index (χ0n) is 13.3. The van der Waals surface area contributed by atoms with E-state index in [4.69, 9.17) is 15.2 Å². The lowest BCUT2D eigenvalue weighted by Crippen LogP contribution is -2.28. The molecule has 0 aliphatic carbocycles. The number of phenolic OH excluding ortho intramolecular Hbond substituents is 3. The fraction of sp³-hybridized carbons (Fsp3) is 0.176. The first-order valence-electron chi connectivity index (χ1n) is 7.33. The number of halogens is 4. The maximum atomic E-state index is 14.1. The van der Waals surface area contributed by atoms with Gasteiger partial charge in [0.2, 0.25) is 5.75 Å². The van der Waals surface area contributed by atoms with Crippen molar-refractivity contribution in [3.63, 3.8) is 0 Å². The van der Waals surface area contributed by atoms with E-state index in [1.807, 2.05) is 0 Å². The third kappa shape index (κ3) is 3.08. The average Bonchev–Trinajstić information content (AvgIpc) is 2.59. The summed E-state index contributed by atoms with van der Waals surface area (Å²) >= 11 is 0. The van der Waals surface area contributed by atoms with Crippen LogP contribution in [0.2, 0.25) is 0 Å². The Morgan fingerprint density at radius 2 is 1.78 bits per heavy atom. The Hall–Kier alpha value is -3.48. The summed E-state index contributed by atoms with van der Waals surface area (Å²) in [5.41, 5.74) is 2.32. The van der Waals surface area contributed by atoms with Crippen LogP contribution in [-0.2, 0) is 6.18 Å². The minimum Gasteiger partial charge on any atom is -0.504 e. The van der Waals surface area contributed by atoms with Crippen LogP contribution in [0.25, 0.3) is 11.1 Å². The molecular weight excluding hydrogens is 374 g/mol. The lowest BCUT2D eigenvalue weighted by atomic mass is 9.96. The van der Waals surface area contributed by atoms with Crippen LogP contribution in [0, 0.1) is 17.8 Å². The van der Waals surface area contributed by atoms with Crippen molar-refractivity contribution in [1.29, 1.82) is 0 Å². The van der Waals surface area contributed by atoms with Gasteiger partial charge in [-0.2, -0.15) is 13.2 Å². The lowest BCUT2D eigenvalue weighted by Gasteiger charge is -2.27. The molecule has 0 amide bonds. The van der Waals surface area contributed by atoms with E-state index in [0.29, 0.717) is 6.07 Å². The Morgan fingerprint density at radius 1 is 1.07 bits per heavy atom. The van der Waals surface area contributed by atoms with E-state index in [9.17, 15) is 32.9 Å². The standard InChI is InChI=1S/C17H11F4NO5/c18-10-5-9(8-1-2-11(23)14(25)12(8)17(19,20)21)15-16(13(10)24)26-6-7(27-15)3-4-22/h1-2,5,7,23-25H,6,22H2/t7-/m0/s1. The molecule has 0 unspecified atom stereocenters. The number of fused-ring (bicyclic) bond motifs is 1. The third-order valence-corrected chi connectivity index (χ3v) is 3.78. The minimum absolute atomic E-state index is 0.249. The average molecular weight is 385 g/mol. The molecule has 3 rings (SSSR count). The number of hydrogen-bond acceptors (Lipinski definition) is 6. The summed E-state index contributed by atoms with van der Waals surface area (Å²) in [6, 6.07) is 4.28. The monoisotopic (exact) mass is 385 g/mol. The van der Waals surface area contributed by atoms with Crippen LogP contribution >= 0.6 is 0 Å².